The van der Waals surface area contributed by atoms with Crippen molar-refractivity contribution < 1.29 is 13.9 Å². The third kappa shape index (κ3) is 4.50. The van der Waals surface area contributed by atoms with Crippen molar-refractivity contribution >= 4 is 30.0 Å². The smallest absolute Gasteiger partial charge is 0.307 e. The van der Waals surface area contributed by atoms with Crippen molar-refractivity contribution in [2.45, 2.75) is 19.4 Å². The number of hydrogen-bond donors (Lipinski definition) is 1. The molecule has 0 fully saturated rings. The van der Waals surface area contributed by atoms with Crippen LogP contribution in [0.25, 0.3) is 0 Å². The van der Waals surface area contributed by atoms with Gasteiger partial charge in [-0.25, -0.2) is 4.39 Å². The molecule has 1 aromatic rings. The zero-order valence-corrected chi connectivity index (χ0v) is 10.9. The molecule has 0 bridgehead atoms. The largest absolute Gasteiger partial charge is 0.466 e. The number of rotatable bonds is 4. The minimum atomic E-state index is -0.651. The van der Waals surface area contributed by atoms with Crippen LogP contribution in [0.5, 0.6) is 0 Å². The van der Waals surface area contributed by atoms with Crippen LogP contribution < -0.4 is 5.73 Å². The lowest BCUT2D eigenvalue weighted by molar-refractivity contribution is -0.143. The lowest BCUT2D eigenvalue weighted by atomic mass is 10.0. The summed E-state index contributed by atoms with van der Waals surface area (Å²) in [6, 6.07) is 3.68. The van der Waals surface area contributed by atoms with Crippen molar-refractivity contribution in [1.82, 2.24) is 0 Å². The molecule has 17 heavy (non-hydrogen) atoms. The van der Waals surface area contributed by atoms with Crippen LogP contribution in [0.4, 0.5) is 4.39 Å². The van der Waals surface area contributed by atoms with E-state index in [1.807, 2.05) is 0 Å². The molecule has 0 aromatic heterocycles. The summed E-state index contributed by atoms with van der Waals surface area (Å²) in [5.41, 5.74) is 6.16. The fraction of sp³-hybridized carbons (Fsp3) is 0.364. The third-order valence-electron chi connectivity index (χ3n) is 2.07. The molecule has 1 aromatic carbocycles. The van der Waals surface area contributed by atoms with Gasteiger partial charge in [0.15, 0.2) is 0 Å². The van der Waals surface area contributed by atoms with E-state index in [0.717, 1.165) is 0 Å². The van der Waals surface area contributed by atoms with Crippen molar-refractivity contribution in [1.29, 1.82) is 0 Å². The molecule has 2 N–H and O–H groups in total. The van der Waals surface area contributed by atoms with Crippen LogP contribution in [0.2, 0.25) is 5.02 Å². The Morgan fingerprint density at radius 1 is 1.59 bits per heavy atom. The second-order valence-electron chi connectivity index (χ2n) is 3.26. The van der Waals surface area contributed by atoms with Crippen LogP contribution in [-0.2, 0) is 9.53 Å². The first-order valence-corrected chi connectivity index (χ1v) is 5.29. The molecule has 0 aliphatic heterocycles. The molecule has 0 spiro atoms. The average Bonchev–Trinajstić information content (AvgIpc) is 2.22. The van der Waals surface area contributed by atoms with Gasteiger partial charge in [-0.05, 0) is 18.6 Å². The van der Waals surface area contributed by atoms with Gasteiger partial charge < -0.3 is 10.5 Å². The summed E-state index contributed by atoms with van der Waals surface area (Å²) in [6.45, 7) is 2.00. The first-order valence-electron chi connectivity index (χ1n) is 4.91. The van der Waals surface area contributed by atoms with Gasteiger partial charge in [0, 0.05) is 6.04 Å². The zero-order valence-electron chi connectivity index (χ0n) is 9.28. The topological polar surface area (TPSA) is 52.3 Å². The molecule has 0 heterocycles. The van der Waals surface area contributed by atoms with Crippen LogP contribution in [0.3, 0.4) is 0 Å². The average molecular weight is 282 g/mol. The van der Waals surface area contributed by atoms with Crippen LogP contribution in [0.1, 0.15) is 24.9 Å². The summed E-state index contributed by atoms with van der Waals surface area (Å²) in [7, 11) is 0. The fourth-order valence-electron chi connectivity index (χ4n) is 1.32. The fourth-order valence-corrected chi connectivity index (χ4v) is 1.58. The number of halogens is 3. The summed E-state index contributed by atoms with van der Waals surface area (Å²) >= 11 is 5.74. The van der Waals surface area contributed by atoms with Gasteiger partial charge in [0.25, 0.3) is 0 Å². The predicted molar refractivity (Wildman–Crippen MR) is 66.8 cm³/mol. The van der Waals surface area contributed by atoms with E-state index >= 15 is 0 Å². The number of carbonyl (C=O) groups is 1. The maximum atomic E-state index is 13.1. The Balaban J connectivity index is 0.00000256. The lowest BCUT2D eigenvalue weighted by Crippen LogP contribution is -2.17. The monoisotopic (exact) mass is 281 g/mol. The van der Waals surface area contributed by atoms with E-state index in [2.05, 4.69) is 0 Å². The maximum absolute atomic E-state index is 13.1. The number of esters is 1. The zero-order chi connectivity index (χ0) is 12.1. The van der Waals surface area contributed by atoms with E-state index in [-0.39, 0.29) is 23.9 Å². The summed E-state index contributed by atoms with van der Waals surface area (Å²) in [5.74, 6) is -0.964. The number of hydrogen-bond acceptors (Lipinski definition) is 3. The van der Waals surface area contributed by atoms with Crippen LogP contribution in [0, 0.1) is 5.82 Å². The van der Waals surface area contributed by atoms with Gasteiger partial charge in [0.05, 0.1) is 18.1 Å². The van der Waals surface area contributed by atoms with E-state index in [4.69, 9.17) is 22.1 Å². The van der Waals surface area contributed by atoms with Crippen molar-refractivity contribution in [3.63, 3.8) is 0 Å². The van der Waals surface area contributed by atoms with Crippen LogP contribution >= 0.6 is 24.0 Å². The molecule has 0 saturated heterocycles. The summed E-state index contributed by atoms with van der Waals surface area (Å²) in [6.07, 6.45) is -0.0169. The number of carbonyl (C=O) groups excluding carboxylic acids is 1. The lowest BCUT2D eigenvalue weighted by Gasteiger charge is -2.13. The first-order chi connectivity index (χ1) is 7.56. The second-order valence-corrected chi connectivity index (χ2v) is 3.64. The molecule has 0 saturated carbocycles. The number of nitrogens with two attached hydrogens (primary N) is 1. The molecular formula is C11H14Cl2FNO2. The van der Waals surface area contributed by atoms with Gasteiger partial charge in [-0.15, -0.1) is 12.4 Å². The second kappa shape index (κ2) is 7.48. The summed E-state index contributed by atoms with van der Waals surface area (Å²) in [4.78, 5) is 11.2. The highest BCUT2D eigenvalue weighted by Crippen LogP contribution is 2.26. The minimum absolute atomic E-state index is 0. The predicted octanol–water partition coefficient (Wildman–Crippen LogP) is 2.85. The van der Waals surface area contributed by atoms with E-state index in [9.17, 15) is 9.18 Å². The van der Waals surface area contributed by atoms with E-state index in [1.165, 1.54) is 12.1 Å². The molecule has 0 radical (unpaired) electrons. The van der Waals surface area contributed by atoms with Crippen LogP contribution in [0.15, 0.2) is 18.2 Å². The summed E-state index contributed by atoms with van der Waals surface area (Å²) < 4.78 is 17.9. The quantitative estimate of drug-likeness (QED) is 0.864. The molecule has 96 valence electrons. The molecule has 3 nitrogen and oxygen atoms in total. The number of ether oxygens (including phenoxy) is 1. The van der Waals surface area contributed by atoms with Gasteiger partial charge in [-0.1, -0.05) is 23.7 Å². The normalized spacial score (nSPS) is 11.5. The third-order valence-corrected chi connectivity index (χ3v) is 2.47. The van der Waals surface area contributed by atoms with Crippen molar-refractivity contribution in [3.8, 4) is 0 Å². The molecule has 1 atom stereocenters. The Bertz CT molecular complexity index is 388. The minimum Gasteiger partial charge on any atom is -0.466 e. The highest BCUT2D eigenvalue weighted by molar-refractivity contribution is 6.31. The molecule has 0 aliphatic carbocycles. The number of benzene rings is 1. The maximum Gasteiger partial charge on any atom is 0.307 e. The van der Waals surface area contributed by atoms with Crippen molar-refractivity contribution in [2.75, 3.05) is 6.61 Å². The van der Waals surface area contributed by atoms with Crippen LogP contribution in [-0.4, -0.2) is 12.6 Å². The van der Waals surface area contributed by atoms with Gasteiger partial charge in [-0.3, -0.25) is 4.79 Å². The molecule has 6 heteroatoms. The van der Waals surface area contributed by atoms with Gasteiger partial charge in [0.1, 0.15) is 5.82 Å². The van der Waals surface area contributed by atoms with E-state index in [1.54, 1.807) is 13.0 Å². The molecule has 1 rings (SSSR count). The first kappa shape index (κ1) is 16.2. The Labute approximate surface area is 110 Å². The van der Waals surface area contributed by atoms with Gasteiger partial charge in [0.2, 0.25) is 0 Å². The molecule has 0 unspecified atom stereocenters. The Hall–Kier alpha value is -0.840. The Morgan fingerprint density at radius 2 is 2.24 bits per heavy atom. The Morgan fingerprint density at radius 3 is 2.82 bits per heavy atom. The molecule has 0 aliphatic rings. The molecule has 0 amide bonds. The molecular weight excluding hydrogens is 268 g/mol. The highest BCUT2D eigenvalue weighted by Gasteiger charge is 2.16. The van der Waals surface area contributed by atoms with Gasteiger partial charge >= 0.3 is 5.97 Å². The SMILES string of the molecule is CCOC(=O)C[C@@H](N)c1cccc(F)c1Cl.Cl. The summed E-state index contributed by atoms with van der Waals surface area (Å²) in [5, 5.41) is -0.0423. The Kier molecular flexibility index (Phi) is 7.11. The highest BCUT2D eigenvalue weighted by atomic mass is 35.5. The van der Waals surface area contributed by atoms with E-state index < -0.39 is 17.8 Å². The van der Waals surface area contributed by atoms with Gasteiger partial charge in [-0.2, -0.15) is 0 Å². The van der Waals surface area contributed by atoms with Crippen molar-refractivity contribution in [3.05, 3.63) is 34.6 Å². The standard InChI is InChI=1S/C11H13ClFNO2.ClH/c1-2-16-10(15)6-9(14)7-4-3-5-8(13)11(7)12;/h3-5,9H,2,6,14H2,1H3;1H/t9-;/m1./s1. The van der Waals surface area contributed by atoms with Crippen molar-refractivity contribution in [2.24, 2.45) is 5.73 Å². The van der Waals surface area contributed by atoms with E-state index in [0.29, 0.717) is 12.2 Å².